The summed E-state index contributed by atoms with van der Waals surface area (Å²) in [6, 6.07) is 5.92. The highest BCUT2D eigenvalue weighted by Crippen LogP contribution is 2.40. The van der Waals surface area contributed by atoms with Crippen LogP contribution in [-0.4, -0.2) is 23.3 Å². The molecule has 86 valence electrons. The summed E-state index contributed by atoms with van der Waals surface area (Å²) < 4.78 is 6.41. The number of hydrogen-bond acceptors (Lipinski definition) is 5. The Bertz CT molecular complexity index is 650. The van der Waals surface area contributed by atoms with Crippen molar-refractivity contribution in [2.24, 2.45) is 0 Å². The van der Waals surface area contributed by atoms with Gasteiger partial charge in [0.05, 0.1) is 18.0 Å². The van der Waals surface area contributed by atoms with Gasteiger partial charge >= 0.3 is 0 Å². The number of nitrogens with zero attached hydrogens (tertiary/aromatic N) is 2. The van der Waals surface area contributed by atoms with Crippen molar-refractivity contribution in [3.05, 3.63) is 24.4 Å². The fourth-order valence-electron chi connectivity index (χ4n) is 1.85. The predicted octanol–water partition coefficient (Wildman–Crippen LogP) is 3.53. The predicted molar refractivity (Wildman–Crippen MR) is 72.4 cm³/mol. The summed E-state index contributed by atoms with van der Waals surface area (Å²) in [5.74, 6) is 0.857. The molecule has 0 unspecified atom stereocenters. The molecule has 0 spiro atoms. The lowest BCUT2D eigenvalue weighted by Crippen LogP contribution is -1.84. The zero-order chi connectivity index (χ0) is 11.8. The van der Waals surface area contributed by atoms with Gasteiger partial charge in [-0.15, -0.1) is 0 Å². The van der Waals surface area contributed by atoms with Gasteiger partial charge in [-0.2, -0.15) is 0 Å². The minimum absolute atomic E-state index is 0.857. The molecular formula is C12H10N2OS2. The lowest BCUT2D eigenvalue weighted by atomic mass is 10.1. The third-order valence-electron chi connectivity index (χ3n) is 2.60. The quantitative estimate of drug-likeness (QED) is 0.662. The first-order chi connectivity index (χ1) is 8.33. The summed E-state index contributed by atoms with van der Waals surface area (Å²) >= 11 is 3.26. The number of benzene rings is 1. The minimum Gasteiger partial charge on any atom is -0.496 e. The molecule has 0 fully saturated rings. The zero-order valence-electron chi connectivity index (χ0n) is 9.43. The van der Waals surface area contributed by atoms with Gasteiger partial charge in [0.25, 0.3) is 0 Å². The Kier molecular flexibility index (Phi) is 2.64. The van der Waals surface area contributed by atoms with E-state index in [1.165, 1.54) is 0 Å². The molecule has 2 aliphatic rings. The standard InChI is InChI=1S/C12H10N2OS2/c1-15-9-5-3-4-8-10(9)7-6-13-12(16-2)17-11(7)14-8/h3-6H,1-2H3. The maximum Gasteiger partial charge on any atom is 0.151 e. The Morgan fingerprint density at radius 2 is 2.24 bits per heavy atom. The van der Waals surface area contributed by atoms with Crippen molar-refractivity contribution in [1.29, 1.82) is 0 Å². The van der Waals surface area contributed by atoms with E-state index in [0.29, 0.717) is 0 Å². The molecule has 2 aliphatic heterocycles. The third-order valence-corrected chi connectivity index (χ3v) is 4.59. The number of hydrogen-bond donors (Lipinski definition) is 0. The lowest BCUT2D eigenvalue weighted by molar-refractivity contribution is 0.420. The second-order valence-electron chi connectivity index (χ2n) is 3.52. The van der Waals surface area contributed by atoms with Gasteiger partial charge in [0.1, 0.15) is 10.8 Å². The van der Waals surface area contributed by atoms with Gasteiger partial charge in [-0.3, -0.25) is 0 Å². The Hall–Kier alpha value is -1.33. The minimum atomic E-state index is 0.857. The number of aromatic nitrogens is 2. The van der Waals surface area contributed by atoms with E-state index in [4.69, 9.17) is 4.74 Å². The van der Waals surface area contributed by atoms with Crippen LogP contribution in [0.4, 0.5) is 0 Å². The molecular weight excluding hydrogens is 252 g/mol. The van der Waals surface area contributed by atoms with Crippen LogP contribution in [-0.2, 0) is 0 Å². The molecule has 0 bridgehead atoms. The van der Waals surface area contributed by atoms with Crippen LogP contribution in [0.1, 0.15) is 0 Å². The van der Waals surface area contributed by atoms with Crippen molar-refractivity contribution in [2.75, 3.05) is 13.4 Å². The van der Waals surface area contributed by atoms with Crippen LogP contribution in [0.3, 0.4) is 0 Å². The molecule has 0 amide bonds. The number of thioether (sulfide) groups is 1. The number of ether oxygens (including phenoxy) is 1. The summed E-state index contributed by atoms with van der Waals surface area (Å²) in [4.78, 5) is 9.03. The lowest BCUT2D eigenvalue weighted by Gasteiger charge is -2.02. The van der Waals surface area contributed by atoms with E-state index in [0.717, 1.165) is 31.6 Å². The molecule has 5 heteroatoms. The monoisotopic (exact) mass is 262 g/mol. The highest BCUT2D eigenvalue weighted by Gasteiger charge is 2.17. The molecule has 3 nitrogen and oxygen atoms in total. The molecule has 1 aromatic carbocycles. The van der Waals surface area contributed by atoms with Crippen LogP contribution in [0.15, 0.2) is 28.7 Å². The van der Waals surface area contributed by atoms with E-state index in [1.54, 1.807) is 30.2 Å². The molecule has 0 saturated heterocycles. The summed E-state index contributed by atoms with van der Waals surface area (Å²) in [7, 11) is 1.68. The topological polar surface area (TPSA) is 35.0 Å². The smallest absolute Gasteiger partial charge is 0.151 e. The first-order valence-corrected chi connectivity index (χ1v) is 7.14. The fourth-order valence-corrected chi connectivity index (χ4v) is 3.26. The molecule has 0 aliphatic carbocycles. The van der Waals surface area contributed by atoms with E-state index in [2.05, 4.69) is 9.97 Å². The second kappa shape index (κ2) is 4.16. The van der Waals surface area contributed by atoms with Crippen LogP contribution in [0.2, 0.25) is 0 Å². The Morgan fingerprint density at radius 3 is 3.00 bits per heavy atom. The summed E-state index contributed by atoms with van der Waals surface area (Å²) in [5.41, 5.74) is 2.04. The van der Waals surface area contributed by atoms with Crippen molar-refractivity contribution >= 4 is 34.0 Å². The average molecular weight is 262 g/mol. The van der Waals surface area contributed by atoms with Crippen LogP contribution in [0, 0.1) is 0 Å². The largest absolute Gasteiger partial charge is 0.496 e. The fraction of sp³-hybridized carbons (Fsp3) is 0.167. The molecule has 2 heterocycles. The van der Waals surface area contributed by atoms with Gasteiger partial charge in [-0.25, -0.2) is 9.97 Å². The first kappa shape index (κ1) is 10.8. The summed E-state index contributed by atoms with van der Waals surface area (Å²) in [5, 5.41) is 2.07. The Labute approximate surface area is 107 Å². The SMILES string of the molecule is COc1cccc2nc3sc(SC)ncc-3c12. The molecule has 0 N–H and O–H groups in total. The highest BCUT2D eigenvalue weighted by atomic mass is 32.2. The van der Waals surface area contributed by atoms with Crippen molar-refractivity contribution in [3.63, 3.8) is 0 Å². The first-order valence-electron chi connectivity index (χ1n) is 5.09. The molecule has 17 heavy (non-hydrogen) atoms. The van der Waals surface area contributed by atoms with Gasteiger partial charge < -0.3 is 4.74 Å². The van der Waals surface area contributed by atoms with Crippen molar-refractivity contribution < 1.29 is 4.74 Å². The van der Waals surface area contributed by atoms with Crippen LogP contribution >= 0.6 is 23.1 Å². The summed E-state index contributed by atoms with van der Waals surface area (Å²) in [6.07, 6.45) is 3.91. The van der Waals surface area contributed by atoms with E-state index in [1.807, 2.05) is 30.7 Å². The summed E-state index contributed by atoms with van der Waals surface area (Å²) in [6.45, 7) is 0. The third kappa shape index (κ3) is 1.66. The molecule has 0 aromatic heterocycles. The van der Waals surface area contributed by atoms with Crippen LogP contribution in [0.25, 0.3) is 21.5 Å². The second-order valence-corrected chi connectivity index (χ2v) is 5.55. The van der Waals surface area contributed by atoms with Crippen molar-refractivity contribution in [3.8, 4) is 16.3 Å². The number of methoxy groups -OCH3 is 1. The van der Waals surface area contributed by atoms with Gasteiger partial charge in [0, 0.05) is 11.8 Å². The Morgan fingerprint density at radius 1 is 1.35 bits per heavy atom. The number of rotatable bonds is 2. The average Bonchev–Trinajstić information content (AvgIpc) is 2.75. The molecule has 0 radical (unpaired) electrons. The maximum absolute atomic E-state index is 5.38. The van der Waals surface area contributed by atoms with Crippen molar-refractivity contribution in [1.82, 2.24) is 9.97 Å². The van der Waals surface area contributed by atoms with Crippen LogP contribution in [0.5, 0.6) is 5.75 Å². The van der Waals surface area contributed by atoms with E-state index < -0.39 is 0 Å². The van der Waals surface area contributed by atoms with E-state index in [9.17, 15) is 0 Å². The van der Waals surface area contributed by atoms with E-state index in [-0.39, 0.29) is 0 Å². The molecule has 3 rings (SSSR count). The zero-order valence-corrected chi connectivity index (χ0v) is 11.1. The van der Waals surface area contributed by atoms with Gasteiger partial charge in [0.2, 0.25) is 0 Å². The van der Waals surface area contributed by atoms with Crippen LogP contribution < -0.4 is 4.74 Å². The maximum atomic E-state index is 5.38. The van der Waals surface area contributed by atoms with Gasteiger partial charge in [0.15, 0.2) is 4.34 Å². The molecule has 0 atom stereocenters. The Balaban J connectivity index is 2.37. The normalized spacial score (nSPS) is 11.2. The molecule has 1 aromatic rings. The van der Waals surface area contributed by atoms with Gasteiger partial charge in [-0.1, -0.05) is 29.2 Å². The van der Waals surface area contributed by atoms with Gasteiger partial charge in [-0.05, 0) is 18.4 Å². The number of fused-ring (bicyclic) bond motifs is 3. The van der Waals surface area contributed by atoms with Crippen molar-refractivity contribution in [2.45, 2.75) is 4.34 Å². The molecule has 0 saturated carbocycles. The highest BCUT2D eigenvalue weighted by molar-refractivity contribution is 8.00. The van der Waals surface area contributed by atoms with E-state index >= 15 is 0 Å².